The van der Waals surface area contributed by atoms with Gasteiger partial charge in [-0.25, -0.2) is 0 Å². The van der Waals surface area contributed by atoms with Gasteiger partial charge in [0.1, 0.15) is 12.4 Å². The molecule has 1 heterocycles. The first-order chi connectivity index (χ1) is 9.33. The number of carbonyl (C=O) groups is 1. The summed E-state index contributed by atoms with van der Waals surface area (Å²) in [5.74, 6) is 0.694. The molecule has 0 aliphatic carbocycles. The van der Waals surface area contributed by atoms with Crippen LogP contribution >= 0.6 is 0 Å². The van der Waals surface area contributed by atoms with Crippen LogP contribution in [0.5, 0.6) is 5.75 Å². The molecule has 0 bridgehead atoms. The van der Waals surface area contributed by atoms with Crippen molar-refractivity contribution in [1.29, 1.82) is 0 Å². The van der Waals surface area contributed by atoms with Gasteiger partial charge < -0.3 is 10.1 Å². The maximum absolute atomic E-state index is 12.1. The lowest BCUT2D eigenvalue weighted by Crippen LogP contribution is -2.21. The summed E-state index contributed by atoms with van der Waals surface area (Å²) < 4.78 is 5.57. The summed E-state index contributed by atoms with van der Waals surface area (Å²) in [6.07, 6.45) is 1.87. The van der Waals surface area contributed by atoms with Crippen molar-refractivity contribution in [2.45, 2.75) is 0 Å². The number of anilines is 1. The maximum Gasteiger partial charge on any atom is 0.255 e. The minimum Gasteiger partial charge on any atom is -0.488 e. The Bertz CT molecular complexity index is 632. The van der Waals surface area contributed by atoms with Crippen molar-refractivity contribution in [3.8, 4) is 5.75 Å². The molecule has 3 rings (SSSR count). The fourth-order valence-electron chi connectivity index (χ4n) is 1.98. The van der Waals surface area contributed by atoms with Crippen molar-refractivity contribution in [2.24, 2.45) is 0 Å². The van der Waals surface area contributed by atoms with Crippen molar-refractivity contribution in [1.82, 2.24) is 0 Å². The van der Waals surface area contributed by atoms with Crippen LogP contribution in [0.2, 0.25) is 0 Å². The fraction of sp³-hybridized carbons (Fsp3) is 0.0625. The Hall–Kier alpha value is -2.55. The van der Waals surface area contributed by atoms with Crippen molar-refractivity contribution in [3.63, 3.8) is 0 Å². The zero-order chi connectivity index (χ0) is 13.1. The quantitative estimate of drug-likeness (QED) is 0.890. The largest absolute Gasteiger partial charge is 0.488 e. The Morgan fingerprint density at radius 1 is 1.00 bits per heavy atom. The molecular weight excluding hydrogens is 238 g/mol. The normalized spacial score (nSPS) is 12.9. The monoisotopic (exact) mass is 251 g/mol. The van der Waals surface area contributed by atoms with Gasteiger partial charge in [-0.15, -0.1) is 0 Å². The average molecular weight is 251 g/mol. The number of hydrogen-bond acceptors (Lipinski definition) is 2. The van der Waals surface area contributed by atoms with Gasteiger partial charge >= 0.3 is 0 Å². The Labute approximate surface area is 111 Å². The third-order valence-electron chi connectivity index (χ3n) is 2.96. The van der Waals surface area contributed by atoms with Crippen molar-refractivity contribution >= 4 is 17.7 Å². The molecule has 3 nitrogen and oxygen atoms in total. The molecule has 19 heavy (non-hydrogen) atoms. The van der Waals surface area contributed by atoms with Crippen LogP contribution in [-0.2, 0) is 4.79 Å². The summed E-state index contributed by atoms with van der Waals surface area (Å²) in [4.78, 5) is 12.1. The fourth-order valence-corrected chi connectivity index (χ4v) is 1.98. The highest BCUT2D eigenvalue weighted by atomic mass is 16.5. The minimum absolute atomic E-state index is 0.124. The SMILES string of the molecule is O=C(Nc1ccccc1)C1=Cc2ccccc2OC1. The number of carbonyl (C=O) groups excluding carboxylic acids is 1. The highest BCUT2D eigenvalue weighted by Crippen LogP contribution is 2.26. The van der Waals surface area contributed by atoms with E-state index >= 15 is 0 Å². The molecule has 0 saturated carbocycles. The number of nitrogens with one attached hydrogen (secondary N) is 1. The van der Waals surface area contributed by atoms with Crippen molar-refractivity contribution in [3.05, 3.63) is 65.7 Å². The standard InChI is InChI=1S/C16H13NO2/c18-16(17-14-7-2-1-3-8-14)13-10-12-6-4-5-9-15(12)19-11-13/h1-10H,11H2,(H,17,18). The van der Waals surface area contributed by atoms with Crippen LogP contribution in [0.15, 0.2) is 60.2 Å². The Kier molecular flexibility index (Phi) is 3.02. The van der Waals surface area contributed by atoms with Crippen LogP contribution in [0.25, 0.3) is 6.08 Å². The Morgan fingerprint density at radius 3 is 2.58 bits per heavy atom. The summed E-state index contributed by atoms with van der Waals surface area (Å²) in [7, 11) is 0. The lowest BCUT2D eigenvalue weighted by Gasteiger charge is -2.17. The number of fused-ring (bicyclic) bond motifs is 1. The third-order valence-corrected chi connectivity index (χ3v) is 2.96. The van der Waals surface area contributed by atoms with E-state index in [1.54, 1.807) is 0 Å². The first-order valence-electron chi connectivity index (χ1n) is 6.12. The number of rotatable bonds is 2. The molecule has 0 fully saturated rings. The molecular formula is C16H13NO2. The van der Waals surface area contributed by atoms with Gasteiger partial charge in [0, 0.05) is 11.3 Å². The molecule has 2 aromatic carbocycles. The molecule has 0 unspecified atom stereocenters. The lowest BCUT2D eigenvalue weighted by molar-refractivity contribution is -0.113. The number of amides is 1. The summed E-state index contributed by atoms with van der Waals surface area (Å²) in [6.45, 7) is 0.301. The summed E-state index contributed by atoms with van der Waals surface area (Å²) in [6, 6.07) is 17.1. The van der Waals surface area contributed by atoms with E-state index in [1.807, 2.05) is 60.7 Å². The second-order valence-corrected chi connectivity index (χ2v) is 4.32. The third kappa shape index (κ3) is 2.50. The number of benzene rings is 2. The number of ether oxygens (including phenoxy) is 1. The number of hydrogen-bond donors (Lipinski definition) is 1. The van der Waals surface area contributed by atoms with Gasteiger partial charge in [-0.2, -0.15) is 0 Å². The summed E-state index contributed by atoms with van der Waals surface area (Å²) in [5, 5.41) is 2.86. The van der Waals surface area contributed by atoms with Gasteiger partial charge in [-0.3, -0.25) is 4.79 Å². The van der Waals surface area contributed by atoms with Crippen LogP contribution in [-0.4, -0.2) is 12.5 Å². The van der Waals surface area contributed by atoms with E-state index in [0.717, 1.165) is 17.0 Å². The van der Waals surface area contributed by atoms with Gasteiger partial charge in [-0.1, -0.05) is 36.4 Å². The van der Waals surface area contributed by atoms with Gasteiger partial charge in [0.05, 0.1) is 5.57 Å². The molecule has 2 aromatic rings. The van der Waals surface area contributed by atoms with Crippen LogP contribution < -0.4 is 10.1 Å². The van der Waals surface area contributed by atoms with E-state index in [0.29, 0.717) is 12.2 Å². The Morgan fingerprint density at radius 2 is 1.74 bits per heavy atom. The zero-order valence-corrected chi connectivity index (χ0v) is 10.3. The molecule has 0 aromatic heterocycles. The molecule has 1 N–H and O–H groups in total. The number of para-hydroxylation sites is 2. The highest BCUT2D eigenvalue weighted by molar-refractivity contribution is 6.07. The van der Waals surface area contributed by atoms with Crippen molar-refractivity contribution in [2.75, 3.05) is 11.9 Å². The van der Waals surface area contributed by atoms with E-state index < -0.39 is 0 Å². The van der Waals surface area contributed by atoms with Crippen molar-refractivity contribution < 1.29 is 9.53 Å². The predicted octanol–water partition coefficient (Wildman–Crippen LogP) is 3.10. The molecule has 1 amide bonds. The molecule has 0 radical (unpaired) electrons. The van der Waals surface area contributed by atoms with Crippen LogP contribution in [0.4, 0.5) is 5.69 Å². The molecule has 3 heteroatoms. The minimum atomic E-state index is -0.124. The lowest BCUT2D eigenvalue weighted by atomic mass is 10.1. The highest BCUT2D eigenvalue weighted by Gasteiger charge is 2.16. The second kappa shape index (κ2) is 4.98. The summed E-state index contributed by atoms with van der Waals surface area (Å²) in [5.41, 5.74) is 2.35. The summed E-state index contributed by atoms with van der Waals surface area (Å²) >= 11 is 0. The first-order valence-corrected chi connectivity index (χ1v) is 6.12. The molecule has 0 spiro atoms. The van der Waals surface area contributed by atoms with Gasteiger partial charge in [0.15, 0.2) is 0 Å². The van der Waals surface area contributed by atoms with E-state index in [4.69, 9.17) is 4.74 Å². The maximum atomic E-state index is 12.1. The predicted molar refractivity (Wildman–Crippen MR) is 75.0 cm³/mol. The van der Waals surface area contributed by atoms with Gasteiger partial charge in [0.2, 0.25) is 0 Å². The molecule has 0 saturated heterocycles. The van der Waals surface area contributed by atoms with Gasteiger partial charge in [0.25, 0.3) is 5.91 Å². The molecule has 94 valence electrons. The van der Waals surface area contributed by atoms with E-state index in [9.17, 15) is 4.79 Å². The topological polar surface area (TPSA) is 38.3 Å². The van der Waals surface area contributed by atoms with Crippen LogP contribution in [0.1, 0.15) is 5.56 Å². The first kappa shape index (κ1) is 11.5. The van der Waals surface area contributed by atoms with Gasteiger partial charge in [-0.05, 0) is 24.3 Å². The molecule has 1 aliphatic rings. The molecule has 1 aliphatic heterocycles. The smallest absolute Gasteiger partial charge is 0.255 e. The Balaban J connectivity index is 1.80. The van der Waals surface area contributed by atoms with Crippen LogP contribution in [0, 0.1) is 0 Å². The molecule has 0 atom stereocenters. The van der Waals surface area contributed by atoms with E-state index in [1.165, 1.54) is 0 Å². The average Bonchev–Trinajstić information content (AvgIpc) is 2.48. The zero-order valence-electron chi connectivity index (χ0n) is 10.3. The second-order valence-electron chi connectivity index (χ2n) is 4.32. The van der Waals surface area contributed by atoms with Crippen LogP contribution in [0.3, 0.4) is 0 Å². The van der Waals surface area contributed by atoms with E-state index in [-0.39, 0.29) is 5.91 Å². The van der Waals surface area contributed by atoms with E-state index in [2.05, 4.69) is 5.32 Å².